The normalized spacial score (nSPS) is 11.1. The first-order valence-corrected chi connectivity index (χ1v) is 5.60. The summed E-state index contributed by atoms with van der Waals surface area (Å²) in [7, 11) is 0. The highest BCUT2D eigenvalue weighted by Gasteiger charge is 2.22. The Balaban J connectivity index is 2.66. The molecule has 0 fully saturated rings. The van der Waals surface area contributed by atoms with E-state index in [1.54, 1.807) is 26.0 Å². The van der Waals surface area contributed by atoms with Gasteiger partial charge in [0.05, 0.1) is 12.0 Å². The summed E-state index contributed by atoms with van der Waals surface area (Å²) in [5.41, 5.74) is 0.0936. The van der Waals surface area contributed by atoms with E-state index >= 15 is 0 Å². The van der Waals surface area contributed by atoms with E-state index in [4.69, 9.17) is 5.11 Å². The van der Waals surface area contributed by atoms with Crippen molar-refractivity contribution in [2.45, 2.75) is 32.2 Å². The van der Waals surface area contributed by atoms with Crippen molar-refractivity contribution in [3.8, 4) is 0 Å². The Bertz CT molecular complexity index is 440. The first-order chi connectivity index (χ1) is 8.31. The van der Waals surface area contributed by atoms with Crippen LogP contribution in [0.25, 0.3) is 0 Å². The fraction of sp³-hybridized carbons (Fsp3) is 0.385. The SMILES string of the molecule is CC(C)(NC(=O)CCC(=O)O)c1ccc(F)cc1. The average Bonchev–Trinajstić information content (AvgIpc) is 2.26. The van der Waals surface area contributed by atoms with Crippen molar-refractivity contribution in [3.05, 3.63) is 35.6 Å². The average molecular weight is 253 g/mol. The van der Waals surface area contributed by atoms with Crippen molar-refractivity contribution >= 4 is 11.9 Å². The molecule has 0 spiro atoms. The lowest BCUT2D eigenvalue weighted by Crippen LogP contribution is -2.41. The highest BCUT2D eigenvalue weighted by molar-refractivity contribution is 5.81. The van der Waals surface area contributed by atoms with Crippen LogP contribution in [0.5, 0.6) is 0 Å². The number of hydrogen-bond donors (Lipinski definition) is 2. The second kappa shape index (κ2) is 5.62. The number of nitrogens with one attached hydrogen (secondary N) is 1. The van der Waals surface area contributed by atoms with Gasteiger partial charge in [0, 0.05) is 6.42 Å². The van der Waals surface area contributed by atoms with Crippen molar-refractivity contribution in [1.29, 1.82) is 0 Å². The molecule has 18 heavy (non-hydrogen) atoms. The van der Waals surface area contributed by atoms with E-state index in [2.05, 4.69) is 5.32 Å². The van der Waals surface area contributed by atoms with Gasteiger partial charge in [-0.25, -0.2) is 4.39 Å². The smallest absolute Gasteiger partial charge is 0.303 e. The van der Waals surface area contributed by atoms with Crippen LogP contribution in [0.4, 0.5) is 4.39 Å². The molecule has 0 atom stereocenters. The third kappa shape index (κ3) is 4.16. The van der Waals surface area contributed by atoms with E-state index in [-0.39, 0.29) is 24.6 Å². The zero-order chi connectivity index (χ0) is 13.8. The van der Waals surface area contributed by atoms with E-state index in [1.165, 1.54) is 12.1 Å². The Morgan fingerprint density at radius 2 is 1.78 bits per heavy atom. The number of rotatable bonds is 5. The number of amides is 1. The van der Waals surface area contributed by atoms with Gasteiger partial charge in [-0.2, -0.15) is 0 Å². The molecule has 1 rings (SSSR count). The second-order valence-corrected chi connectivity index (χ2v) is 4.57. The van der Waals surface area contributed by atoms with Crippen LogP contribution < -0.4 is 5.32 Å². The zero-order valence-corrected chi connectivity index (χ0v) is 10.4. The van der Waals surface area contributed by atoms with Crippen LogP contribution in [0.15, 0.2) is 24.3 Å². The van der Waals surface area contributed by atoms with Crippen LogP contribution in [0, 0.1) is 5.82 Å². The standard InChI is InChI=1S/C13H16FNO3/c1-13(2,9-3-5-10(14)6-4-9)15-11(16)7-8-12(17)18/h3-6H,7-8H2,1-2H3,(H,15,16)(H,17,18). The number of aliphatic carboxylic acids is 1. The molecule has 0 bridgehead atoms. The van der Waals surface area contributed by atoms with Gasteiger partial charge in [0.2, 0.25) is 5.91 Å². The quantitative estimate of drug-likeness (QED) is 0.843. The molecule has 4 nitrogen and oxygen atoms in total. The number of benzene rings is 1. The van der Waals surface area contributed by atoms with Gasteiger partial charge in [-0.3, -0.25) is 9.59 Å². The Hall–Kier alpha value is -1.91. The van der Waals surface area contributed by atoms with Crippen molar-refractivity contribution in [3.63, 3.8) is 0 Å². The van der Waals surface area contributed by atoms with Crippen molar-refractivity contribution < 1.29 is 19.1 Å². The summed E-state index contributed by atoms with van der Waals surface area (Å²) in [6.45, 7) is 3.55. The molecule has 0 aromatic heterocycles. The first kappa shape index (κ1) is 14.2. The van der Waals surface area contributed by atoms with Gasteiger partial charge in [0.1, 0.15) is 5.82 Å². The Morgan fingerprint density at radius 3 is 2.28 bits per heavy atom. The summed E-state index contributed by atoms with van der Waals surface area (Å²) >= 11 is 0. The lowest BCUT2D eigenvalue weighted by molar-refractivity contribution is -0.139. The fourth-order valence-electron chi connectivity index (χ4n) is 1.57. The summed E-state index contributed by atoms with van der Waals surface area (Å²) < 4.78 is 12.8. The van der Waals surface area contributed by atoms with Crippen LogP contribution in [0.2, 0.25) is 0 Å². The van der Waals surface area contributed by atoms with Crippen LogP contribution >= 0.6 is 0 Å². The van der Waals surface area contributed by atoms with E-state index in [0.717, 1.165) is 5.56 Å². The largest absolute Gasteiger partial charge is 0.481 e. The minimum Gasteiger partial charge on any atom is -0.481 e. The van der Waals surface area contributed by atoms with Crippen molar-refractivity contribution in [1.82, 2.24) is 5.32 Å². The maximum absolute atomic E-state index is 12.8. The number of carboxylic acids is 1. The van der Waals surface area contributed by atoms with Gasteiger partial charge >= 0.3 is 5.97 Å². The van der Waals surface area contributed by atoms with Crippen molar-refractivity contribution in [2.24, 2.45) is 0 Å². The van der Waals surface area contributed by atoms with E-state index in [1.807, 2.05) is 0 Å². The maximum atomic E-state index is 12.8. The molecule has 98 valence electrons. The Labute approximate surface area is 105 Å². The number of halogens is 1. The molecule has 0 aliphatic heterocycles. The van der Waals surface area contributed by atoms with Crippen LogP contribution in [0.1, 0.15) is 32.3 Å². The Kier molecular flexibility index (Phi) is 4.42. The topological polar surface area (TPSA) is 66.4 Å². The zero-order valence-electron chi connectivity index (χ0n) is 10.4. The first-order valence-electron chi connectivity index (χ1n) is 5.60. The monoisotopic (exact) mass is 253 g/mol. The highest BCUT2D eigenvalue weighted by atomic mass is 19.1. The number of carbonyl (C=O) groups is 2. The molecule has 0 aliphatic rings. The van der Waals surface area contributed by atoms with E-state index in [0.29, 0.717) is 0 Å². The number of hydrogen-bond acceptors (Lipinski definition) is 2. The molecular formula is C13H16FNO3. The van der Waals surface area contributed by atoms with Crippen LogP contribution in [-0.4, -0.2) is 17.0 Å². The van der Waals surface area contributed by atoms with Gasteiger partial charge < -0.3 is 10.4 Å². The van der Waals surface area contributed by atoms with Crippen LogP contribution in [-0.2, 0) is 15.1 Å². The Morgan fingerprint density at radius 1 is 1.22 bits per heavy atom. The lowest BCUT2D eigenvalue weighted by Gasteiger charge is -2.26. The molecule has 1 aromatic carbocycles. The minimum atomic E-state index is -1.01. The van der Waals surface area contributed by atoms with Gasteiger partial charge in [-0.1, -0.05) is 12.1 Å². The number of carbonyl (C=O) groups excluding carboxylic acids is 1. The molecule has 0 saturated heterocycles. The second-order valence-electron chi connectivity index (χ2n) is 4.57. The van der Waals surface area contributed by atoms with Gasteiger partial charge in [-0.05, 0) is 31.5 Å². The molecule has 1 aromatic rings. The molecule has 0 radical (unpaired) electrons. The summed E-state index contributed by atoms with van der Waals surface area (Å²) in [5, 5.41) is 11.2. The molecular weight excluding hydrogens is 237 g/mol. The number of carboxylic acid groups (broad SMARTS) is 1. The molecule has 0 saturated carbocycles. The molecule has 1 amide bonds. The highest BCUT2D eigenvalue weighted by Crippen LogP contribution is 2.20. The van der Waals surface area contributed by atoms with Gasteiger partial charge in [-0.15, -0.1) is 0 Å². The summed E-state index contributed by atoms with van der Waals surface area (Å²) in [6.07, 6.45) is -0.273. The van der Waals surface area contributed by atoms with Crippen LogP contribution in [0.3, 0.4) is 0 Å². The predicted molar refractivity (Wildman–Crippen MR) is 64.4 cm³/mol. The molecule has 0 unspecified atom stereocenters. The third-order valence-electron chi connectivity index (χ3n) is 2.58. The summed E-state index contributed by atoms with van der Waals surface area (Å²) in [4.78, 5) is 21.9. The molecule has 5 heteroatoms. The molecule has 2 N–H and O–H groups in total. The molecule has 0 heterocycles. The predicted octanol–water partition coefficient (Wildman–Crippen LogP) is 2.04. The van der Waals surface area contributed by atoms with Gasteiger partial charge in [0.25, 0.3) is 0 Å². The minimum absolute atomic E-state index is 0.0695. The third-order valence-corrected chi connectivity index (χ3v) is 2.58. The summed E-state index contributed by atoms with van der Waals surface area (Å²) in [6, 6.07) is 5.82. The van der Waals surface area contributed by atoms with E-state index in [9.17, 15) is 14.0 Å². The molecule has 0 aliphatic carbocycles. The lowest BCUT2D eigenvalue weighted by atomic mass is 9.94. The fourth-order valence-corrected chi connectivity index (χ4v) is 1.57. The van der Waals surface area contributed by atoms with Crippen molar-refractivity contribution in [2.75, 3.05) is 0 Å². The van der Waals surface area contributed by atoms with E-state index < -0.39 is 11.5 Å². The van der Waals surface area contributed by atoms with Gasteiger partial charge in [0.15, 0.2) is 0 Å². The summed E-state index contributed by atoms with van der Waals surface area (Å²) in [5.74, 6) is -1.69. The maximum Gasteiger partial charge on any atom is 0.303 e.